The van der Waals surface area contributed by atoms with Crippen molar-refractivity contribution in [3.63, 3.8) is 0 Å². The van der Waals surface area contributed by atoms with Gasteiger partial charge in [-0.15, -0.1) is 0 Å². The van der Waals surface area contributed by atoms with Gasteiger partial charge in [0.05, 0.1) is 5.69 Å². The summed E-state index contributed by atoms with van der Waals surface area (Å²) in [4.78, 5) is 16.7. The molecule has 2 aliphatic rings. The smallest absolute Gasteiger partial charge is 0.324 e. The SMILES string of the molecule is CCN1/C(=C/C=C2C(=S)NC(=O)NC2=S)N(CC)c2c1cc(C)n2CC. The number of aromatic nitrogens is 1. The number of carbonyl (C=O) groups is 1. The Morgan fingerprint density at radius 3 is 2.15 bits per heavy atom. The first-order valence-corrected chi connectivity index (χ1v) is 9.58. The lowest BCUT2D eigenvalue weighted by Gasteiger charge is -2.25. The summed E-state index contributed by atoms with van der Waals surface area (Å²) in [5.74, 6) is 2.30. The molecule has 3 rings (SSSR count). The monoisotopic (exact) mass is 389 g/mol. The summed E-state index contributed by atoms with van der Waals surface area (Å²) in [6, 6.07) is 1.85. The summed E-state index contributed by atoms with van der Waals surface area (Å²) in [6.45, 7) is 11.2. The maximum absolute atomic E-state index is 11.4. The van der Waals surface area contributed by atoms with E-state index in [0.717, 1.165) is 25.5 Å². The molecule has 0 atom stereocenters. The highest BCUT2D eigenvalue weighted by Gasteiger charge is 2.33. The molecule has 1 aromatic rings. The van der Waals surface area contributed by atoms with Crippen LogP contribution in [0, 0.1) is 6.92 Å². The van der Waals surface area contributed by atoms with E-state index in [1.165, 1.54) is 17.2 Å². The van der Waals surface area contributed by atoms with Crippen molar-refractivity contribution in [3.05, 3.63) is 35.3 Å². The van der Waals surface area contributed by atoms with Crippen molar-refractivity contribution in [2.75, 3.05) is 22.9 Å². The minimum absolute atomic E-state index is 0.353. The number of rotatable bonds is 4. The van der Waals surface area contributed by atoms with E-state index in [-0.39, 0.29) is 6.03 Å². The first-order valence-electron chi connectivity index (χ1n) is 8.76. The lowest BCUT2D eigenvalue weighted by atomic mass is 10.2. The normalized spacial score (nSPS) is 18.4. The second-order valence-electron chi connectivity index (χ2n) is 6.07. The minimum atomic E-state index is -0.379. The molecule has 0 aliphatic carbocycles. The first-order chi connectivity index (χ1) is 12.4. The number of thiocarbonyl (C=S) groups is 2. The lowest BCUT2D eigenvalue weighted by molar-refractivity contribution is 0.249. The summed E-state index contributed by atoms with van der Waals surface area (Å²) in [6.07, 6.45) is 3.90. The van der Waals surface area contributed by atoms with Crippen molar-refractivity contribution in [1.82, 2.24) is 15.2 Å². The highest BCUT2D eigenvalue weighted by molar-refractivity contribution is 7.83. The largest absolute Gasteiger partial charge is 0.330 e. The number of aryl methyl sites for hydroxylation is 1. The molecule has 2 aliphatic heterocycles. The van der Waals surface area contributed by atoms with E-state index in [0.29, 0.717) is 15.6 Å². The van der Waals surface area contributed by atoms with Gasteiger partial charge in [-0.05, 0) is 45.9 Å². The van der Waals surface area contributed by atoms with Crippen LogP contribution >= 0.6 is 24.4 Å². The van der Waals surface area contributed by atoms with Gasteiger partial charge in [0.15, 0.2) is 0 Å². The summed E-state index contributed by atoms with van der Waals surface area (Å²) in [7, 11) is 0. The van der Waals surface area contributed by atoms with E-state index in [1.54, 1.807) is 0 Å². The van der Waals surface area contributed by atoms with Gasteiger partial charge < -0.3 is 14.4 Å². The predicted octanol–water partition coefficient (Wildman–Crippen LogP) is 3.22. The Kier molecular flexibility index (Phi) is 5.15. The average molecular weight is 390 g/mol. The molecular weight excluding hydrogens is 366 g/mol. The number of amides is 2. The third kappa shape index (κ3) is 2.93. The number of hydrogen-bond acceptors (Lipinski definition) is 5. The quantitative estimate of drug-likeness (QED) is 0.612. The number of anilines is 2. The van der Waals surface area contributed by atoms with Crippen LogP contribution in [0.5, 0.6) is 0 Å². The number of allylic oxidation sites excluding steroid dienone is 2. The van der Waals surface area contributed by atoms with Gasteiger partial charge in [-0.2, -0.15) is 0 Å². The molecule has 0 saturated carbocycles. The first kappa shape index (κ1) is 18.6. The van der Waals surface area contributed by atoms with Gasteiger partial charge in [-0.25, -0.2) is 4.79 Å². The van der Waals surface area contributed by atoms with E-state index in [1.807, 2.05) is 12.2 Å². The minimum Gasteiger partial charge on any atom is -0.330 e. The van der Waals surface area contributed by atoms with Crippen molar-refractivity contribution < 1.29 is 4.79 Å². The van der Waals surface area contributed by atoms with Crippen molar-refractivity contribution in [2.24, 2.45) is 0 Å². The third-order valence-corrected chi connectivity index (χ3v) is 5.29. The Bertz CT molecular complexity index is 830. The van der Waals surface area contributed by atoms with Crippen LogP contribution in [-0.4, -0.2) is 33.7 Å². The second kappa shape index (κ2) is 7.20. The molecule has 138 valence electrons. The lowest BCUT2D eigenvalue weighted by Crippen LogP contribution is -2.49. The van der Waals surface area contributed by atoms with Crippen LogP contribution in [0.2, 0.25) is 0 Å². The molecule has 0 radical (unpaired) electrons. The standard InChI is InChI=1S/C18H23N5OS2/c1-5-21-11(4)10-13-17(21)23(7-3)14(22(13)6-2)9-8-12-15(25)19-18(24)20-16(12)26/h8-10H,5-7H2,1-4H3,(H2,19,20,24,25,26)/b14-9-. The van der Waals surface area contributed by atoms with Crippen molar-refractivity contribution in [1.29, 1.82) is 0 Å². The molecule has 26 heavy (non-hydrogen) atoms. The zero-order valence-corrected chi connectivity index (χ0v) is 17.1. The van der Waals surface area contributed by atoms with Crippen molar-refractivity contribution in [3.8, 4) is 0 Å². The number of urea groups is 1. The molecule has 2 N–H and O–H groups in total. The molecule has 0 bridgehead atoms. The van der Waals surface area contributed by atoms with Gasteiger partial charge in [-0.3, -0.25) is 10.6 Å². The van der Waals surface area contributed by atoms with Crippen LogP contribution < -0.4 is 20.4 Å². The molecule has 1 fully saturated rings. The number of nitrogens with one attached hydrogen (secondary N) is 2. The Labute approximate surface area is 164 Å². The topological polar surface area (TPSA) is 52.5 Å². The summed E-state index contributed by atoms with van der Waals surface area (Å²) < 4.78 is 2.33. The zero-order chi connectivity index (χ0) is 19.0. The van der Waals surface area contributed by atoms with Crippen LogP contribution in [0.3, 0.4) is 0 Å². The van der Waals surface area contributed by atoms with Gasteiger partial charge >= 0.3 is 6.03 Å². The van der Waals surface area contributed by atoms with Crippen LogP contribution in [0.4, 0.5) is 16.3 Å². The second-order valence-corrected chi connectivity index (χ2v) is 6.89. The van der Waals surface area contributed by atoms with Crippen LogP contribution in [0.15, 0.2) is 29.6 Å². The van der Waals surface area contributed by atoms with Crippen molar-refractivity contribution in [2.45, 2.75) is 34.2 Å². The Morgan fingerprint density at radius 1 is 1.00 bits per heavy atom. The summed E-state index contributed by atoms with van der Waals surface area (Å²) in [5.41, 5.74) is 3.13. The highest BCUT2D eigenvalue weighted by atomic mass is 32.1. The van der Waals surface area contributed by atoms with E-state index in [9.17, 15) is 4.79 Å². The van der Waals surface area contributed by atoms with E-state index in [4.69, 9.17) is 24.4 Å². The third-order valence-electron chi connectivity index (χ3n) is 4.65. The fourth-order valence-electron chi connectivity index (χ4n) is 3.51. The van der Waals surface area contributed by atoms with E-state index >= 15 is 0 Å². The fraction of sp³-hybridized carbons (Fsp3) is 0.389. The summed E-state index contributed by atoms with van der Waals surface area (Å²) >= 11 is 10.5. The fourth-order valence-corrected chi connectivity index (χ4v) is 4.10. The Morgan fingerprint density at radius 2 is 1.62 bits per heavy atom. The van der Waals surface area contributed by atoms with Crippen LogP contribution in [0.25, 0.3) is 0 Å². The predicted molar refractivity (Wildman–Crippen MR) is 114 cm³/mol. The van der Waals surface area contributed by atoms with Gasteiger partial charge in [0, 0.05) is 30.9 Å². The number of nitrogens with zero attached hydrogens (tertiary/aromatic N) is 3. The van der Waals surface area contributed by atoms with E-state index < -0.39 is 0 Å². The number of fused-ring (bicyclic) bond motifs is 1. The number of carbonyl (C=O) groups excluding carboxylic acids is 1. The maximum atomic E-state index is 11.4. The molecular formula is C18H23N5OS2. The summed E-state index contributed by atoms with van der Waals surface area (Å²) in [5, 5.41) is 5.18. The number of hydrogen-bond donors (Lipinski definition) is 2. The molecule has 1 aromatic heterocycles. The molecule has 6 nitrogen and oxygen atoms in total. The molecule has 8 heteroatoms. The zero-order valence-electron chi connectivity index (χ0n) is 15.4. The molecule has 3 heterocycles. The molecule has 0 spiro atoms. The molecule has 2 amide bonds. The van der Waals surface area contributed by atoms with Gasteiger partial charge in [0.2, 0.25) is 0 Å². The Balaban J connectivity index is 2.04. The van der Waals surface area contributed by atoms with Gasteiger partial charge in [-0.1, -0.05) is 24.4 Å². The average Bonchev–Trinajstić information content (AvgIpc) is 3.05. The molecule has 1 saturated heterocycles. The van der Waals surface area contributed by atoms with Crippen LogP contribution in [0.1, 0.15) is 26.5 Å². The Hall–Kier alpha value is -2.19. The van der Waals surface area contributed by atoms with Gasteiger partial charge in [0.1, 0.15) is 21.6 Å². The maximum Gasteiger partial charge on any atom is 0.324 e. The highest BCUT2D eigenvalue weighted by Crippen LogP contribution is 2.43. The molecule has 0 aromatic carbocycles. The van der Waals surface area contributed by atoms with Crippen molar-refractivity contribution >= 4 is 51.9 Å². The molecule has 0 unspecified atom stereocenters. The van der Waals surface area contributed by atoms with E-state index in [2.05, 4.69) is 58.8 Å². The van der Waals surface area contributed by atoms with Gasteiger partial charge in [0.25, 0.3) is 0 Å². The van der Waals surface area contributed by atoms with Crippen LogP contribution in [-0.2, 0) is 6.54 Å².